The summed E-state index contributed by atoms with van der Waals surface area (Å²) in [4.78, 5) is 23.1. The lowest BCUT2D eigenvalue weighted by molar-refractivity contribution is -0.147. The number of esters is 2. The predicted molar refractivity (Wildman–Crippen MR) is 134 cm³/mol. The molecule has 33 heavy (non-hydrogen) atoms. The van der Waals surface area contributed by atoms with E-state index in [1.165, 1.54) is 39.5 Å². The fourth-order valence-electron chi connectivity index (χ4n) is 3.76. The van der Waals surface area contributed by atoms with Gasteiger partial charge in [-0.25, -0.2) is 0 Å². The van der Waals surface area contributed by atoms with Gasteiger partial charge in [0.05, 0.1) is 0 Å². The van der Waals surface area contributed by atoms with Crippen molar-refractivity contribution in [3.05, 3.63) is 53.6 Å². The lowest BCUT2D eigenvalue weighted by Gasteiger charge is -2.19. The van der Waals surface area contributed by atoms with Gasteiger partial charge in [0.15, 0.2) is 0 Å². The maximum Gasteiger partial charge on any atom is 0.303 e. The van der Waals surface area contributed by atoms with Crippen molar-refractivity contribution in [2.24, 2.45) is 0 Å². The number of ether oxygens (including phenoxy) is 2. The Morgan fingerprint density at radius 2 is 1.55 bits per heavy atom. The smallest absolute Gasteiger partial charge is 0.303 e. The molecule has 0 saturated carbocycles. The molecule has 0 saturated heterocycles. The van der Waals surface area contributed by atoms with Gasteiger partial charge in [0.2, 0.25) is 0 Å². The van der Waals surface area contributed by atoms with Crippen LogP contribution in [0.2, 0.25) is 0 Å². The van der Waals surface area contributed by atoms with Crippen molar-refractivity contribution >= 4 is 18.0 Å². The first-order chi connectivity index (χ1) is 16.0. The average molecular weight is 459 g/mol. The van der Waals surface area contributed by atoms with Gasteiger partial charge in [-0.2, -0.15) is 0 Å². The van der Waals surface area contributed by atoms with Gasteiger partial charge in [-0.05, 0) is 49.3 Å². The second-order valence-corrected chi connectivity index (χ2v) is 8.39. The third kappa shape index (κ3) is 13.7. The molecule has 0 aliphatic rings. The number of aliphatic hydroxyl groups is 1. The number of allylic oxidation sites excluding steroid dienone is 2. The molecule has 0 aliphatic carbocycles. The number of unbranched alkanes of at least 4 members (excludes halogenated alkanes) is 6. The van der Waals surface area contributed by atoms with E-state index in [9.17, 15) is 9.59 Å². The molecular weight excluding hydrogens is 416 g/mol. The summed E-state index contributed by atoms with van der Waals surface area (Å²) < 4.78 is 11.0. The second kappa shape index (κ2) is 18.1. The maximum atomic E-state index is 11.6. The lowest BCUT2D eigenvalue weighted by Crippen LogP contribution is -2.13. The summed E-state index contributed by atoms with van der Waals surface area (Å²) in [6, 6.07) is 7.84. The summed E-state index contributed by atoms with van der Waals surface area (Å²) in [5.74, 6) is -0.585. The second-order valence-electron chi connectivity index (χ2n) is 8.39. The van der Waals surface area contributed by atoms with Gasteiger partial charge in [0, 0.05) is 20.5 Å². The van der Waals surface area contributed by atoms with Gasteiger partial charge in [-0.3, -0.25) is 9.59 Å². The van der Waals surface area contributed by atoms with Crippen LogP contribution in [0.1, 0.15) is 102 Å². The molecule has 0 heterocycles. The Balaban J connectivity index is 2.79. The van der Waals surface area contributed by atoms with Crippen LogP contribution in [-0.4, -0.2) is 29.8 Å². The molecular formula is C28H42O5. The molecule has 1 aromatic rings. The van der Waals surface area contributed by atoms with E-state index in [1.807, 2.05) is 48.6 Å². The minimum Gasteiger partial charge on any atom is -0.458 e. The number of hydrogen-bond donors (Lipinski definition) is 1. The normalized spacial score (nSPS) is 13.3. The van der Waals surface area contributed by atoms with Crippen molar-refractivity contribution in [3.8, 4) is 0 Å². The summed E-state index contributed by atoms with van der Waals surface area (Å²) in [6.07, 6.45) is 17.3. The first kappa shape index (κ1) is 28.6. The van der Waals surface area contributed by atoms with E-state index in [1.54, 1.807) is 0 Å². The van der Waals surface area contributed by atoms with Gasteiger partial charge in [0.1, 0.15) is 12.2 Å². The van der Waals surface area contributed by atoms with Gasteiger partial charge in [-0.1, -0.05) is 81.5 Å². The molecule has 0 aromatic heterocycles. The minimum absolute atomic E-state index is 0.126. The molecule has 0 spiro atoms. The van der Waals surface area contributed by atoms with Crippen molar-refractivity contribution in [2.45, 2.75) is 97.2 Å². The third-order valence-corrected chi connectivity index (χ3v) is 5.40. The van der Waals surface area contributed by atoms with Crippen molar-refractivity contribution in [3.63, 3.8) is 0 Å². The van der Waals surface area contributed by atoms with Crippen molar-refractivity contribution in [2.75, 3.05) is 6.61 Å². The number of rotatable bonds is 17. The van der Waals surface area contributed by atoms with E-state index in [-0.39, 0.29) is 30.8 Å². The molecule has 1 N–H and O–H groups in total. The third-order valence-electron chi connectivity index (χ3n) is 5.40. The van der Waals surface area contributed by atoms with Crippen molar-refractivity contribution < 1.29 is 24.2 Å². The lowest BCUT2D eigenvalue weighted by atomic mass is 9.98. The highest BCUT2D eigenvalue weighted by atomic mass is 16.5. The largest absolute Gasteiger partial charge is 0.458 e. The molecule has 0 radical (unpaired) electrons. The van der Waals surface area contributed by atoms with Crippen LogP contribution in [0.5, 0.6) is 0 Å². The van der Waals surface area contributed by atoms with E-state index in [0.717, 1.165) is 36.8 Å². The highest BCUT2D eigenvalue weighted by molar-refractivity contribution is 5.67. The van der Waals surface area contributed by atoms with Gasteiger partial charge in [-0.15, -0.1) is 0 Å². The highest BCUT2D eigenvalue weighted by Crippen LogP contribution is 2.28. The zero-order valence-electron chi connectivity index (χ0n) is 20.6. The summed E-state index contributed by atoms with van der Waals surface area (Å²) in [5.41, 5.74) is 1.91. The van der Waals surface area contributed by atoms with Crippen LogP contribution in [0.4, 0.5) is 0 Å². The zero-order valence-corrected chi connectivity index (χ0v) is 20.6. The summed E-state index contributed by atoms with van der Waals surface area (Å²) >= 11 is 0. The van der Waals surface area contributed by atoms with Gasteiger partial charge in [0.25, 0.3) is 0 Å². The van der Waals surface area contributed by atoms with E-state index >= 15 is 0 Å². The van der Waals surface area contributed by atoms with Crippen LogP contribution in [0, 0.1) is 0 Å². The Bertz CT molecular complexity index is 738. The molecule has 5 heteroatoms. The standard InChI is InChI=1S/C28H42O5/c1-4-5-6-7-8-9-18-26(32-23(2)30)19-12-10-16-25-17-11-13-20-27(25)28(33-24(3)31)21-14-15-22-29/h10-13,16-17,19-20,26,28-29H,4-9,14-15,18,21-22H2,1-3H3/b16-10+,19-12+. The van der Waals surface area contributed by atoms with Crippen LogP contribution >= 0.6 is 0 Å². The van der Waals surface area contributed by atoms with Crippen LogP contribution in [0.25, 0.3) is 6.08 Å². The number of benzene rings is 1. The molecule has 0 bridgehead atoms. The van der Waals surface area contributed by atoms with Gasteiger partial charge >= 0.3 is 11.9 Å². The Labute approximate surface area is 199 Å². The number of hydrogen-bond acceptors (Lipinski definition) is 5. The first-order valence-electron chi connectivity index (χ1n) is 12.4. The quantitative estimate of drug-likeness (QED) is 0.160. The number of carbonyl (C=O) groups excluding carboxylic acids is 2. The fraction of sp³-hybridized carbons (Fsp3) is 0.571. The van der Waals surface area contributed by atoms with Gasteiger partial charge < -0.3 is 14.6 Å². The van der Waals surface area contributed by atoms with Crippen LogP contribution in [-0.2, 0) is 19.1 Å². The first-order valence-corrected chi connectivity index (χ1v) is 12.4. The molecule has 1 rings (SSSR count). The van der Waals surface area contributed by atoms with E-state index < -0.39 is 0 Å². The Kier molecular flexibility index (Phi) is 15.7. The Morgan fingerprint density at radius 3 is 2.24 bits per heavy atom. The predicted octanol–water partition coefficient (Wildman–Crippen LogP) is 6.71. The van der Waals surface area contributed by atoms with Crippen LogP contribution in [0.3, 0.4) is 0 Å². The van der Waals surface area contributed by atoms with E-state index in [4.69, 9.17) is 14.6 Å². The minimum atomic E-state index is -0.347. The monoisotopic (exact) mass is 458 g/mol. The molecule has 2 unspecified atom stereocenters. The summed E-state index contributed by atoms with van der Waals surface area (Å²) in [6.45, 7) is 5.20. The SMILES string of the molecule is CCCCCCCCC(/C=C/C=C/c1ccccc1C(CCCCO)OC(C)=O)OC(C)=O. The summed E-state index contributed by atoms with van der Waals surface area (Å²) in [5, 5.41) is 9.07. The highest BCUT2D eigenvalue weighted by Gasteiger charge is 2.17. The number of aliphatic hydroxyl groups excluding tert-OH is 1. The van der Waals surface area contributed by atoms with Crippen molar-refractivity contribution in [1.29, 1.82) is 0 Å². The van der Waals surface area contributed by atoms with E-state index in [2.05, 4.69) is 6.92 Å². The molecule has 5 nitrogen and oxygen atoms in total. The molecule has 0 aliphatic heterocycles. The van der Waals surface area contributed by atoms with Crippen molar-refractivity contribution in [1.82, 2.24) is 0 Å². The van der Waals surface area contributed by atoms with Crippen LogP contribution in [0.15, 0.2) is 42.5 Å². The van der Waals surface area contributed by atoms with E-state index in [0.29, 0.717) is 12.8 Å². The topological polar surface area (TPSA) is 72.8 Å². The fourth-order valence-corrected chi connectivity index (χ4v) is 3.76. The zero-order chi connectivity index (χ0) is 24.3. The Morgan fingerprint density at radius 1 is 0.879 bits per heavy atom. The number of carbonyl (C=O) groups is 2. The average Bonchev–Trinajstić information content (AvgIpc) is 2.78. The molecule has 184 valence electrons. The van der Waals surface area contributed by atoms with Crippen LogP contribution < -0.4 is 0 Å². The molecule has 0 amide bonds. The molecule has 0 fully saturated rings. The Hall–Kier alpha value is -2.40. The molecule has 2 atom stereocenters. The maximum absolute atomic E-state index is 11.6. The molecule has 1 aromatic carbocycles. The summed E-state index contributed by atoms with van der Waals surface area (Å²) in [7, 11) is 0.